The van der Waals surface area contributed by atoms with Gasteiger partial charge in [-0.15, -0.1) is 0 Å². The number of carbonyl (C=O) groups excluding carboxylic acids is 2. The number of hydrogen-bond donors (Lipinski definition) is 1. The fourth-order valence-electron chi connectivity index (χ4n) is 1.15. The third kappa shape index (κ3) is 4.25. The van der Waals surface area contributed by atoms with Crippen molar-refractivity contribution in [1.82, 2.24) is 10.2 Å². The van der Waals surface area contributed by atoms with E-state index in [4.69, 9.17) is 0 Å². The van der Waals surface area contributed by atoms with Gasteiger partial charge in [-0.25, -0.2) is 0 Å². The van der Waals surface area contributed by atoms with Gasteiger partial charge in [-0.2, -0.15) is 0 Å². The number of nitrogens with zero attached hydrogens (tertiary/aromatic N) is 1. The quantitative estimate of drug-likeness (QED) is 0.707. The number of likely N-dealkylation sites (N-methyl/N-ethyl adjacent to an activating group) is 1. The van der Waals surface area contributed by atoms with Gasteiger partial charge in [0.25, 0.3) is 0 Å². The average Bonchev–Trinajstić information content (AvgIpc) is 2.15. The number of nitrogens with one attached hydrogen (secondary N) is 1. The Labute approximate surface area is 85.7 Å². The molecule has 0 heterocycles. The molecular weight excluding hydrogens is 180 g/mol. The minimum absolute atomic E-state index is 0.0375. The lowest BCUT2D eigenvalue weighted by Crippen LogP contribution is -2.41. The summed E-state index contributed by atoms with van der Waals surface area (Å²) in [6.07, 6.45) is 0.870. The molecule has 0 aromatic carbocycles. The van der Waals surface area contributed by atoms with Gasteiger partial charge in [0.2, 0.25) is 11.8 Å². The Balaban J connectivity index is 4.28. The van der Waals surface area contributed by atoms with Crippen molar-refractivity contribution in [2.45, 2.75) is 27.2 Å². The van der Waals surface area contributed by atoms with E-state index in [1.807, 2.05) is 20.8 Å². The Morgan fingerprint density at radius 1 is 1.36 bits per heavy atom. The van der Waals surface area contributed by atoms with Crippen LogP contribution in [0.5, 0.6) is 0 Å². The SMILES string of the molecule is CCCN(CC(=O)NC)C(=O)C(C)C. The maximum atomic E-state index is 11.6. The minimum atomic E-state index is -0.118. The molecule has 0 aliphatic rings. The fourth-order valence-corrected chi connectivity index (χ4v) is 1.15. The van der Waals surface area contributed by atoms with Crippen LogP contribution in [0.1, 0.15) is 27.2 Å². The first-order chi connectivity index (χ1) is 6.52. The molecule has 0 saturated carbocycles. The van der Waals surface area contributed by atoms with E-state index >= 15 is 0 Å². The second-order valence-corrected chi connectivity index (χ2v) is 3.59. The lowest BCUT2D eigenvalue weighted by atomic mass is 10.2. The molecule has 0 aromatic heterocycles. The zero-order valence-corrected chi connectivity index (χ0v) is 9.46. The highest BCUT2D eigenvalue weighted by molar-refractivity contribution is 5.85. The predicted molar refractivity (Wildman–Crippen MR) is 55.8 cm³/mol. The molecule has 0 aliphatic carbocycles. The molecule has 4 heteroatoms. The summed E-state index contributed by atoms with van der Waals surface area (Å²) in [7, 11) is 1.58. The highest BCUT2D eigenvalue weighted by Gasteiger charge is 2.18. The molecule has 1 N–H and O–H groups in total. The molecule has 4 nitrogen and oxygen atoms in total. The van der Waals surface area contributed by atoms with Crippen LogP contribution in [-0.4, -0.2) is 36.9 Å². The summed E-state index contributed by atoms with van der Waals surface area (Å²) in [6.45, 7) is 6.49. The van der Waals surface area contributed by atoms with Gasteiger partial charge in [-0.05, 0) is 6.42 Å². The molecule has 2 amide bonds. The number of hydrogen-bond acceptors (Lipinski definition) is 2. The van der Waals surface area contributed by atoms with E-state index < -0.39 is 0 Å². The molecule has 0 atom stereocenters. The molecular formula is C10H20N2O2. The summed E-state index contributed by atoms with van der Waals surface area (Å²) in [5.41, 5.74) is 0. The van der Waals surface area contributed by atoms with Crippen molar-refractivity contribution in [3.8, 4) is 0 Å². The predicted octanol–water partition coefficient (Wildman–Crippen LogP) is 0.627. The molecule has 0 spiro atoms. The van der Waals surface area contributed by atoms with Crippen LogP contribution in [0.2, 0.25) is 0 Å². The molecule has 0 rings (SSSR count). The van der Waals surface area contributed by atoms with E-state index in [1.165, 1.54) is 0 Å². The molecule has 0 aliphatic heterocycles. The van der Waals surface area contributed by atoms with E-state index in [9.17, 15) is 9.59 Å². The monoisotopic (exact) mass is 200 g/mol. The van der Waals surface area contributed by atoms with Gasteiger partial charge in [0.05, 0.1) is 6.54 Å². The van der Waals surface area contributed by atoms with Gasteiger partial charge >= 0.3 is 0 Å². The molecule has 0 unspecified atom stereocenters. The van der Waals surface area contributed by atoms with Gasteiger partial charge in [0.15, 0.2) is 0 Å². The second-order valence-electron chi connectivity index (χ2n) is 3.59. The minimum Gasteiger partial charge on any atom is -0.358 e. The van der Waals surface area contributed by atoms with E-state index in [0.717, 1.165) is 6.42 Å². The zero-order valence-electron chi connectivity index (χ0n) is 9.46. The van der Waals surface area contributed by atoms with Crippen molar-refractivity contribution >= 4 is 11.8 Å². The summed E-state index contributed by atoms with van der Waals surface area (Å²) in [5.74, 6) is -0.130. The Morgan fingerprint density at radius 2 is 1.93 bits per heavy atom. The topological polar surface area (TPSA) is 49.4 Å². The normalized spacial score (nSPS) is 10.1. The van der Waals surface area contributed by atoms with Crippen molar-refractivity contribution in [3.63, 3.8) is 0 Å². The highest BCUT2D eigenvalue weighted by atomic mass is 16.2. The maximum Gasteiger partial charge on any atom is 0.239 e. The smallest absolute Gasteiger partial charge is 0.239 e. The van der Waals surface area contributed by atoms with Gasteiger partial charge < -0.3 is 10.2 Å². The van der Waals surface area contributed by atoms with Gasteiger partial charge in [-0.3, -0.25) is 9.59 Å². The van der Waals surface area contributed by atoms with Crippen molar-refractivity contribution in [1.29, 1.82) is 0 Å². The molecule has 0 radical (unpaired) electrons. The maximum absolute atomic E-state index is 11.6. The fraction of sp³-hybridized carbons (Fsp3) is 0.800. The Kier molecular flexibility index (Phi) is 5.92. The van der Waals surface area contributed by atoms with E-state index in [2.05, 4.69) is 5.32 Å². The zero-order chi connectivity index (χ0) is 11.1. The number of carbonyl (C=O) groups is 2. The van der Waals surface area contributed by atoms with Crippen molar-refractivity contribution in [3.05, 3.63) is 0 Å². The summed E-state index contributed by atoms with van der Waals surface area (Å²) in [6, 6.07) is 0. The second kappa shape index (κ2) is 6.40. The van der Waals surface area contributed by atoms with E-state index in [0.29, 0.717) is 6.54 Å². The van der Waals surface area contributed by atoms with Crippen molar-refractivity contribution in [2.24, 2.45) is 5.92 Å². The molecule has 0 saturated heterocycles. The lowest BCUT2D eigenvalue weighted by Gasteiger charge is -2.22. The van der Waals surface area contributed by atoms with Gasteiger partial charge in [-0.1, -0.05) is 20.8 Å². The third-order valence-electron chi connectivity index (χ3n) is 1.91. The Bertz CT molecular complexity index is 202. The Hall–Kier alpha value is -1.06. The summed E-state index contributed by atoms with van der Waals surface area (Å²) < 4.78 is 0. The van der Waals surface area contributed by atoms with Crippen molar-refractivity contribution in [2.75, 3.05) is 20.1 Å². The van der Waals surface area contributed by atoms with Crippen molar-refractivity contribution < 1.29 is 9.59 Å². The standard InChI is InChI=1S/C10H20N2O2/c1-5-6-12(7-9(13)11-4)10(14)8(2)3/h8H,5-7H2,1-4H3,(H,11,13). The summed E-state index contributed by atoms with van der Waals surface area (Å²) >= 11 is 0. The average molecular weight is 200 g/mol. The first kappa shape index (κ1) is 12.9. The van der Waals surface area contributed by atoms with E-state index in [1.54, 1.807) is 11.9 Å². The van der Waals surface area contributed by atoms with E-state index in [-0.39, 0.29) is 24.3 Å². The Morgan fingerprint density at radius 3 is 2.29 bits per heavy atom. The lowest BCUT2D eigenvalue weighted by molar-refractivity contribution is -0.138. The van der Waals surface area contributed by atoms with Crippen LogP contribution >= 0.6 is 0 Å². The number of rotatable bonds is 5. The largest absolute Gasteiger partial charge is 0.358 e. The van der Waals surface area contributed by atoms with Gasteiger partial charge in [0, 0.05) is 19.5 Å². The third-order valence-corrected chi connectivity index (χ3v) is 1.91. The molecule has 82 valence electrons. The van der Waals surface area contributed by atoms with Crippen LogP contribution in [0.15, 0.2) is 0 Å². The molecule has 0 bridgehead atoms. The summed E-state index contributed by atoms with van der Waals surface area (Å²) in [4.78, 5) is 24.4. The number of amides is 2. The first-order valence-electron chi connectivity index (χ1n) is 5.02. The molecule has 0 fully saturated rings. The molecule has 14 heavy (non-hydrogen) atoms. The van der Waals surface area contributed by atoms with Crippen LogP contribution in [0.3, 0.4) is 0 Å². The first-order valence-corrected chi connectivity index (χ1v) is 5.02. The van der Waals surface area contributed by atoms with Crippen LogP contribution in [0.4, 0.5) is 0 Å². The molecule has 0 aromatic rings. The van der Waals surface area contributed by atoms with Gasteiger partial charge in [0.1, 0.15) is 0 Å². The van der Waals surface area contributed by atoms with Crippen LogP contribution < -0.4 is 5.32 Å². The highest BCUT2D eigenvalue weighted by Crippen LogP contribution is 2.02. The van der Waals surface area contributed by atoms with Crippen LogP contribution in [-0.2, 0) is 9.59 Å². The van der Waals surface area contributed by atoms with Crippen LogP contribution in [0, 0.1) is 5.92 Å². The van der Waals surface area contributed by atoms with Crippen LogP contribution in [0.25, 0.3) is 0 Å². The summed E-state index contributed by atoms with van der Waals surface area (Å²) in [5, 5.41) is 2.51.